The molecular formula is C43H54Cl2N8O11. The molecule has 19 nitrogen and oxygen atoms in total. The third-order valence-corrected chi connectivity index (χ3v) is 11.5. The first kappa shape index (κ1) is 48.5. The minimum Gasteiger partial charge on any atom is -0.483 e. The van der Waals surface area contributed by atoms with E-state index < -0.39 is 42.2 Å². The predicted molar refractivity (Wildman–Crippen MR) is 235 cm³/mol. The van der Waals surface area contributed by atoms with Crippen LogP contribution in [-0.2, 0) is 44.5 Å². The number of halogens is 2. The first-order valence-corrected chi connectivity index (χ1v) is 21.9. The van der Waals surface area contributed by atoms with E-state index in [-0.39, 0.29) is 54.2 Å². The number of nitrogens with one attached hydrogen (secondary N) is 2. The van der Waals surface area contributed by atoms with Crippen molar-refractivity contribution in [3.05, 3.63) is 63.3 Å². The van der Waals surface area contributed by atoms with E-state index in [4.69, 9.17) is 63.1 Å². The number of amides is 5. The highest BCUT2D eigenvalue weighted by Gasteiger charge is 2.46. The second-order valence-corrected chi connectivity index (χ2v) is 16.4. The fourth-order valence-electron chi connectivity index (χ4n) is 7.19. The van der Waals surface area contributed by atoms with Crippen molar-refractivity contribution in [3.8, 4) is 17.0 Å². The van der Waals surface area contributed by atoms with E-state index in [0.717, 1.165) is 36.4 Å². The fraction of sp³-hybridized carbons (Fsp3) is 0.512. The molecule has 3 aliphatic heterocycles. The molecule has 4 heterocycles. The Hall–Kier alpha value is -4.99. The van der Waals surface area contributed by atoms with Gasteiger partial charge in [-0.15, -0.1) is 0 Å². The number of aromatic nitrogens is 2. The van der Waals surface area contributed by atoms with Crippen molar-refractivity contribution in [2.45, 2.75) is 50.6 Å². The Labute approximate surface area is 380 Å². The first-order valence-electron chi connectivity index (χ1n) is 21.1. The second-order valence-electron chi connectivity index (χ2n) is 15.6. The van der Waals surface area contributed by atoms with Crippen molar-refractivity contribution in [3.63, 3.8) is 0 Å². The SMILES string of the molecule is CC1(N)CCN(c2cnc(-c3cc(CCOCCOCCOCCOCCOCCNC(=O)COc4cccc5c4C(=O)N(C4CCC(=O)NC4=O)C5=O)cc(Cl)c3Cl)c(N)n2)CC1. The molecule has 6 rings (SSSR count). The fourth-order valence-corrected chi connectivity index (χ4v) is 7.64. The number of nitrogen functional groups attached to an aromatic ring is 1. The summed E-state index contributed by atoms with van der Waals surface area (Å²) in [7, 11) is 0. The number of ether oxygens (including phenoxy) is 6. The molecule has 0 aliphatic carbocycles. The Bertz CT molecular complexity index is 2150. The summed E-state index contributed by atoms with van der Waals surface area (Å²) in [6.45, 7) is 7.10. The van der Waals surface area contributed by atoms with Crippen LogP contribution in [0, 0.1) is 0 Å². The molecule has 2 saturated heterocycles. The molecule has 1 atom stereocenters. The number of imide groups is 2. The molecular weight excluding hydrogens is 875 g/mol. The van der Waals surface area contributed by atoms with Gasteiger partial charge >= 0.3 is 0 Å². The zero-order valence-corrected chi connectivity index (χ0v) is 37.2. The summed E-state index contributed by atoms with van der Waals surface area (Å²) in [5.74, 6) is -2.01. The van der Waals surface area contributed by atoms with Gasteiger partial charge in [-0.1, -0.05) is 29.3 Å². The molecule has 6 N–H and O–H groups in total. The van der Waals surface area contributed by atoms with Gasteiger partial charge in [0.2, 0.25) is 11.8 Å². The molecule has 21 heteroatoms. The molecule has 3 aromatic rings. The van der Waals surface area contributed by atoms with Crippen LogP contribution in [0.25, 0.3) is 11.3 Å². The maximum Gasteiger partial charge on any atom is 0.266 e. The van der Waals surface area contributed by atoms with E-state index in [0.29, 0.717) is 93.0 Å². The summed E-state index contributed by atoms with van der Waals surface area (Å²) in [6, 6.07) is 7.03. The number of carbonyl (C=O) groups is 5. The van der Waals surface area contributed by atoms with Crippen molar-refractivity contribution in [2.24, 2.45) is 5.73 Å². The zero-order valence-electron chi connectivity index (χ0n) is 35.7. The molecule has 346 valence electrons. The van der Waals surface area contributed by atoms with Crippen LogP contribution in [0.1, 0.15) is 58.9 Å². The van der Waals surface area contributed by atoms with Gasteiger partial charge in [0.15, 0.2) is 12.4 Å². The molecule has 5 amide bonds. The number of hydrogen-bond acceptors (Lipinski definition) is 16. The average Bonchev–Trinajstić information content (AvgIpc) is 3.52. The van der Waals surface area contributed by atoms with E-state index in [2.05, 4.69) is 32.4 Å². The number of benzene rings is 2. The quantitative estimate of drug-likeness (QED) is 0.0745. The summed E-state index contributed by atoms with van der Waals surface area (Å²) < 4.78 is 33.5. The molecule has 64 heavy (non-hydrogen) atoms. The lowest BCUT2D eigenvalue weighted by Crippen LogP contribution is -2.54. The van der Waals surface area contributed by atoms with Crippen LogP contribution in [0.5, 0.6) is 5.75 Å². The third-order valence-electron chi connectivity index (χ3n) is 10.7. The number of nitrogens with zero attached hydrogens (tertiary/aromatic N) is 4. The van der Waals surface area contributed by atoms with Crippen molar-refractivity contribution < 1.29 is 52.4 Å². The standard InChI is InChI=1S/C43H54Cl2N8O11/c1-43(47)8-11-52(12-9-43)33-25-49-38(39(46)50-33)29-23-27(24-30(44)37(29)45)7-13-59-15-17-61-19-21-63-22-20-62-18-16-60-14-10-48-35(55)26-64-32-4-2-3-28-36(32)42(58)53(41(28)57)31-5-6-34(54)51-40(31)56/h2-4,23-25,31H,5-22,26,47H2,1H3,(H2,46,50)(H,48,55)(H,51,54,56). The van der Waals surface area contributed by atoms with Crippen LogP contribution in [0.4, 0.5) is 11.6 Å². The van der Waals surface area contributed by atoms with Crippen molar-refractivity contribution in [2.75, 3.05) is 103 Å². The number of fused-ring (bicyclic) bond motifs is 1. The van der Waals surface area contributed by atoms with Crippen LogP contribution < -0.4 is 31.7 Å². The van der Waals surface area contributed by atoms with Gasteiger partial charge in [0.05, 0.1) is 93.4 Å². The largest absolute Gasteiger partial charge is 0.483 e. The minimum absolute atomic E-state index is 0.00550. The lowest BCUT2D eigenvalue weighted by molar-refractivity contribution is -0.136. The number of rotatable bonds is 24. The average molecular weight is 930 g/mol. The molecule has 0 spiro atoms. The van der Waals surface area contributed by atoms with Crippen LogP contribution in [0.15, 0.2) is 36.5 Å². The molecule has 1 unspecified atom stereocenters. The number of nitrogens with two attached hydrogens (primary N) is 2. The monoisotopic (exact) mass is 928 g/mol. The second kappa shape index (κ2) is 23.3. The number of hydrogen-bond donors (Lipinski definition) is 4. The molecule has 0 bridgehead atoms. The van der Waals surface area contributed by atoms with E-state index in [9.17, 15) is 24.0 Å². The summed E-state index contributed by atoms with van der Waals surface area (Å²) in [4.78, 5) is 74.6. The highest BCUT2D eigenvalue weighted by molar-refractivity contribution is 6.43. The van der Waals surface area contributed by atoms with Gasteiger partial charge in [-0.2, -0.15) is 0 Å². The normalized spacial score (nSPS) is 17.2. The van der Waals surface area contributed by atoms with Gasteiger partial charge < -0.3 is 50.1 Å². The molecule has 2 aromatic carbocycles. The minimum atomic E-state index is -1.11. The Morgan fingerprint density at radius 2 is 1.53 bits per heavy atom. The summed E-state index contributed by atoms with van der Waals surface area (Å²) >= 11 is 13.1. The van der Waals surface area contributed by atoms with E-state index in [1.807, 2.05) is 6.07 Å². The first-order chi connectivity index (χ1) is 30.8. The van der Waals surface area contributed by atoms with E-state index >= 15 is 0 Å². The maximum absolute atomic E-state index is 13.2. The zero-order chi connectivity index (χ0) is 45.6. The molecule has 1 aromatic heterocycles. The third kappa shape index (κ3) is 13.1. The van der Waals surface area contributed by atoms with Crippen LogP contribution in [-0.4, -0.2) is 148 Å². The summed E-state index contributed by atoms with van der Waals surface area (Å²) in [6.07, 6.45) is 4.04. The summed E-state index contributed by atoms with van der Waals surface area (Å²) in [5, 5.41) is 5.56. The number of anilines is 2. The lowest BCUT2D eigenvalue weighted by Gasteiger charge is -2.37. The predicted octanol–water partition coefficient (Wildman–Crippen LogP) is 2.57. The summed E-state index contributed by atoms with van der Waals surface area (Å²) in [5.41, 5.74) is 14.5. The van der Waals surface area contributed by atoms with Gasteiger partial charge in [-0.05, 0) is 62.4 Å². The Balaban J connectivity index is 0.749. The Kier molecular flexibility index (Phi) is 17.6. The van der Waals surface area contributed by atoms with Crippen LogP contribution >= 0.6 is 23.2 Å². The van der Waals surface area contributed by atoms with E-state index in [1.165, 1.54) is 18.2 Å². The van der Waals surface area contributed by atoms with Crippen LogP contribution in [0.2, 0.25) is 10.0 Å². The topological polar surface area (TPSA) is 249 Å². The van der Waals surface area contributed by atoms with Gasteiger partial charge in [-0.25, -0.2) is 9.97 Å². The highest BCUT2D eigenvalue weighted by atomic mass is 35.5. The van der Waals surface area contributed by atoms with Gasteiger partial charge in [0, 0.05) is 37.2 Å². The molecule has 0 saturated carbocycles. The molecule has 0 radical (unpaired) electrons. The van der Waals surface area contributed by atoms with Crippen molar-refractivity contribution in [1.29, 1.82) is 0 Å². The van der Waals surface area contributed by atoms with Gasteiger partial charge in [0.1, 0.15) is 23.3 Å². The van der Waals surface area contributed by atoms with E-state index in [1.54, 1.807) is 12.3 Å². The Morgan fingerprint density at radius 3 is 2.17 bits per heavy atom. The lowest BCUT2D eigenvalue weighted by atomic mass is 9.91. The van der Waals surface area contributed by atoms with Crippen molar-refractivity contribution in [1.82, 2.24) is 25.5 Å². The smallest absolute Gasteiger partial charge is 0.266 e. The maximum atomic E-state index is 13.2. The number of piperidine rings is 2. The molecule has 3 aliphatic rings. The Morgan fingerprint density at radius 1 is 0.891 bits per heavy atom. The highest BCUT2D eigenvalue weighted by Crippen LogP contribution is 2.37. The van der Waals surface area contributed by atoms with Gasteiger partial charge in [-0.3, -0.25) is 34.2 Å². The number of carbonyl (C=O) groups excluding carboxylic acids is 5. The van der Waals surface area contributed by atoms with Crippen molar-refractivity contribution >= 4 is 64.4 Å². The van der Waals surface area contributed by atoms with Crippen LogP contribution in [0.3, 0.4) is 0 Å². The molecule has 2 fully saturated rings. The van der Waals surface area contributed by atoms with Gasteiger partial charge in [0.25, 0.3) is 17.7 Å².